The molecule has 0 unspecified atom stereocenters. The molecule has 0 aliphatic carbocycles. The third-order valence-corrected chi connectivity index (χ3v) is 6.17. The Morgan fingerprint density at radius 1 is 0.818 bits per heavy atom. The lowest BCUT2D eigenvalue weighted by Crippen LogP contribution is -2.43. The monoisotopic (exact) mass is 442 g/mol. The van der Waals surface area contributed by atoms with Gasteiger partial charge < -0.3 is 15.0 Å². The zero-order valence-electron chi connectivity index (χ0n) is 18.7. The Kier molecular flexibility index (Phi) is 7.75. The van der Waals surface area contributed by atoms with Gasteiger partial charge in [0, 0.05) is 19.6 Å². The molecule has 1 aliphatic rings. The van der Waals surface area contributed by atoms with Crippen LogP contribution in [0, 0.1) is 5.92 Å². The predicted octanol–water partition coefficient (Wildman–Crippen LogP) is 4.25. The first-order valence-electron chi connectivity index (χ1n) is 11.5. The van der Waals surface area contributed by atoms with Gasteiger partial charge in [0.25, 0.3) is 5.91 Å². The van der Waals surface area contributed by atoms with E-state index in [1.807, 2.05) is 95.9 Å². The molecule has 0 atom stereocenters. The zero-order chi connectivity index (χ0) is 22.9. The molecule has 0 bridgehead atoms. The van der Waals surface area contributed by atoms with Gasteiger partial charge in [-0.15, -0.1) is 0 Å². The molecule has 4 rings (SSSR count). The highest BCUT2D eigenvalue weighted by Gasteiger charge is 2.26. The van der Waals surface area contributed by atoms with Crippen LogP contribution in [0.25, 0.3) is 0 Å². The molecule has 5 nitrogen and oxygen atoms in total. The Balaban J connectivity index is 1.27. The van der Waals surface area contributed by atoms with Crippen LogP contribution in [0.5, 0.6) is 5.75 Å². The number of piperidine rings is 1. The molecule has 0 saturated carbocycles. The van der Waals surface area contributed by atoms with Gasteiger partial charge in [-0.1, -0.05) is 78.9 Å². The summed E-state index contributed by atoms with van der Waals surface area (Å²) in [5, 5.41) is 3.17. The highest BCUT2D eigenvalue weighted by Crippen LogP contribution is 2.25. The number of amides is 2. The zero-order valence-corrected chi connectivity index (χ0v) is 18.7. The predicted molar refractivity (Wildman–Crippen MR) is 129 cm³/mol. The Morgan fingerprint density at radius 3 is 1.88 bits per heavy atom. The maximum atomic E-state index is 13.2. The van der Waals surface area contributed by atoms with Crippen LogP contribution in [0.1, 0.15) is 29.9 Å². The lowest BCUT2D eigenvalue weighted by molar-refractivity contribution is -0.135. The van der Waals surface area contributed by atoms with E-state index in [0.717, 1.165) is 24.0 Å². The fourth-order valence-electron chi connectivity index (χ4n) is 4.27. The molecule has 1 heterocycles. The largest absolute Gasteiger partial charge is 0.484 e. The van der Waals surface area contributed by atoms with Gasteiger partial charge in [0.15, 0.2) is 6.61 Å². The molecule has 1 N–H and O–H groups in total. The first-order chi connectivity index (χ1) is 16.2. The van der Waals surface area contributed by atoms with Crippen LogP contribution in [0.4, 0.5) is 0 Å². The number of hydrogen-bond donors (Lipinski definition) is 1. The van der Waals surface area contributed by atoms with Crippen molar-refractivity contribution in [3.8, 4) is 5.75 Å². The second-order valence-corrected chi connectivity index (χ2v) is 8.43. The number of nitrogens with zero attached hydrogens (tertiary/aromatic N) is 1. The third-order valence-electron chi connectivity index (χ3n) is 6.17. The summed E-state index contributed by atoms with van der Waals surface area (Å²) in [7, 11) is 0. The van der Waals surface area contributed by atoms with Crippen LogP contribution < -0.4 is 10.1 Å². The van der Waals surface area contributed by atoms with E-state index in [4.69, 9.17) is 4.74 Å². The second kappa shape index (κ2) is 11.3. The van der Waals surface area contributed by atoms with Crippen molar-refractivity contribution in [2.75, 3.05) is 26.2 Å². The lowest BCUT2D eigenvalue weighted by Gasteiger charge is -2.32. The standard InChI is InChI=1S/C28H30N2O3/c31-26(21-33-25-14-8-3-9-15-25)30-18-16-22(17-19-30)20-29-28(32)27(23-10-4-1-5-11-23)24-12-6-2-7-13-24/h1-15,22,27H,16-21H2,(H,29,32). The van der Waals surface area contributed by atoms with Gasteiger partial charge in [0.05, 0.1) is 5.92 Å². The van der Waals surface area contributed by atoms with E-state index < -0.39 is 0 Å². The van der Waals surface area contributed by atoms with E-state index >= 15 is 0 Å². The van der Waals surface area contributed by atoms with Crippen molar-refractivity contribution < 1.29 is 14.3 Å². The van der Waals surface area contributed by atoms with Crippen molar-refractivity contribution in [2.45, 2.75) is 18.8 Å². The molecule has 0 spiro atoms. The van der Waals surface area contributed by atoms with Crippen LogP contribution in [0.3, 0.4) is 0 Å². The molecule has 3 aromatic carbocycles. The van der Waals surface area contributed by atoms with Crippen LogP contribution in [0.2, 0.25) is 0 Å². The maximum absolute atomic E-state index is 13.2. The van der Waals surface area contributed by atoms with Gasteiger partial charge in [-0.25, -0.2) is 0 Å². The topological polar surface area (TPSA) is 58.6 Å². The van der Waals surface area contributed by atoms with Gasteiger partial charge in [0.1, 0.15) is 5.75 Å². The molecule has 3 aromatic rings. The fraction of sp³-hybridized carbons (Fsp3) is 0.286. The summed E-state index contributed by atoms with van der Waals surface area (Å²) < 4.78 is 5.59. The molecule has 2 amide bonds. The van der Waals surface area contributed by atoms with E-state index in [2.05, 4.69) is 5.32 Å². The quantitative estimate of drug-likeness (QED) is 0.567. The van der Waals surface area contributed by atoms with Crippen LogP contribution >= 0.6 is 0 Å². The van der Waals surface area contributed by atoms with Gasteiger partial charge in [-0.2, -0.15) is 0 Å². The van der Waals surface area contributed by atoms with Gasteiger partial charge >= 0.3 is 0 Å². The number of benzene rings is 3. The molecule has 1 saturated heterocycles. The fourth-order valence-corrected chi connectivity index (χ4v) is 4.27. The molecule has 1 fully saturated rings. The van der Waals surface area contributed by atoms with Crippen LogP contribution in [-0.2, 0) is 9.59 Å². The van der Waals surface area contributed by atoms with E-state index in [-0.39, 0.29) is 24.3 Å². The number of para-hydroxylation sites is 1. The van der Waals surface area contributed by atoms with E-state index in [1.54, 1.807) is 0 Å². The van der Waals surface area contributed by atoms with Crippen LogP contribution in [0.15, 0.2) is 91.0 Å². The molecule has 33 heavy (non-hydrogen) atoms. The molecule has 0 aromatic heterocycles. The average Bonchev–Trinajstić information content (AvgIpc) is 2.88. The average molecular weight is 443 g/mol. The van der Waals surface area contributed by atoms with Gasteiger partial charge in [0.2, 0.25) is 5.91 Å². The van der Waals surface area contributed by atoms with Crippen molar-refractivity contribution in [3.63, 3.8) is 0 Å². The third kappa shape index (κ3) is 6.22. The second-order valence-electron chi connectivity index (χ2n) is 8.43. The first-order valence-corrected chi connectivity index (χ1v) is 11.5. The Hall–Kier alpha value is -3.60. The number of likely N-dealkylation sites (tertiary alicyclic amines) is 1. The van der Waals surface area contributed by atoms with Gasteiger partial charge in [-0.3, -0.25) is 9.59 Å². The normalized spacial score (nSPS) is 14.2. The minimum Gasteiger partial charge on any atom is -0.484 e. The van der Waals surface area contributed by atoms with Crippen LogP contribution in [-0.4, -0.2) is 43.0 Å². The minimum atomic E-state index is -0.329. The van der Waals surface area contributed by atoms with Crippen molar-refractivity contribution in [3.05, 3.63) is 102 Å². The summed E-state index contributed by atoms with van der Waals surface area (Å²) in [6.45, 7) is 2.06. The Labute approximate surface area is 195 Å². The molecular formula is C28H30N2O3. The molecule has 1 aliphatic heterocycles. The highest BCUT2D eigenvalue weighted by atomic mass is 16.5. The smallest absolute Gasteiger partial charge is 0.260 e. The summed E-state index contributed by atoms with van der Waals surface area (Å²) in [5.41, 5.74) is 1.97. The lowest BCUT2D eigenvalue weighted by atomic mass is 9.90. The van der Waals surface area contributed by atoms with Crippen molar-refractivity contribution in [2.24, 2.45) is 5.92 Å². The van der Waals surface area contributed by atoms with E-state index in [0.29, 0.717) is 31.3 Å². The summed E-state index contributed by atoms with van der Waals surface area (Å²) >= 11 is 0. The van der Waals surface area contributed by atoms with E-state index in [9.17, 15) is 9.59 Å². The van der Waals surface area contributed by atoms with E-state index in [1.165, 1.54) is 0 Å². The summed E-state index contributed by atoms with van der Waals surface area (Å²) in [4.78, 5) is 27.5. The number of carbonyl (C=O) groups excluding carboxylic acids is 2. The Bertz CT molecular complexity index is 977. The molecule has 170 valence electrons. The molecule has 5 heteroatoms. The van der Waals surface area contributed by atoms with Crippen molar-refractivity contribution >= 4 is 11.8 Å². The van der Waals surface area contributed by atoms with Gasteiger partial charge in [-0.05, 0) is 42.0 Å². The van der Waals surface area contributed by atoms with Crippen molar-refractivity contribution in [1.29, 1.82) is 0 Å². The SMILES string of the molecule is O=C(NCC1CCN(C(=O)COc2ccccc2)CC1)C(c1ccccc1)c1ccccc1. The van der Waals surface area contributed by atoms with Crippen molar-refractivity contribution in [1.82, 2.24) is 10.2 Å². The number of rotatable bonds is 8. The number of ether oxygens (including phenoxy) is 1. The number of hydrogen-bond acceptors (Lipinski definition) is 3. The summed E-state index contributed by atoms with van der Waals surface area (Å²) in [6, 6.07) is 29.2. The summed E-state index contributed by atoms with van der Waals surface area (Å²) in [6.07, 6.45) is 1.75. The highest BCUT2D eigenvalue weighted by molar-refractivity contribution is 5.87. The summed E-state index contributed by atoms with van der Waals surface area (Å²) in [5.74, 6) is 0.760. The Morgan fingerprint density at radius 2 is 1.33 bits per heavy atom. The maximum Gasteiger partial charge on any atom is 0.260 e. The molecule has 0 radical (unpaired) electrons. The number of carbonyl (C=O) groups is 2. The molecular weight excluding hydrogens is 412 g/mol. The minimum absolute atomic E-state index is 0.00885. The first kappa shape index (κ1) is 22.6. The number of nitrogens with one attached hydrogen (secondary N) is 1.